The molecule has 34 heavy (non-hydrogen) atoms. The minimum atomic E-state index is 0.386. The highest BCUT2D eigenvalue weighted by Crippen LogP contribution is 2.33. The third-order valence-corrected chi connectivity index (χ3v) is 5.67. The van der Waals surface area contributed by atoms with Gasteiger partial charge in [-0.05, 0) is 72.3 Å². The van der Waals surface area contributed by atoms with Crippen LogP contribution in [0.4, 0.5) is 0 Å². The van der Waals surface area contributed by atoms with Crippen molar-refractivity contribution in [3.63, 3.8) is 0 Å². The normalized spacial score (nSPS) is 11.4. The first kappa shape index (κ1) is 21.6. The second-order valence-electron chi connectivity index (χ2n) is 7.58. The summed E-state index contributed by atoms with van der Waals surface area (Å²) in [6.07, 6.45) is 1.98. The van der Waals surface area contributed by atoms with Crippen molar-refractivity contribution in [3.8, 4) is 34.0 Å². The Bertz CT molecular complexity index is 1480. The van der Waals surface area contributed by atoms with Crippen molar-refractivity contribution < 1.29 is 9.53 Å². The van der Waals surface area contributed by atoms with E-state index in [2.05, 4.69) is 0 Å². The average molecular weight is 463 g/mol. The average Bonchev–Trinajstić information content (AvgIpc) is 2.89. The minimum Gasteiger partial charge on any atom is -0.457 e. The monoisotopic (exact) mass is 462 g/mol. The quantitative estimate of drug-likeness (QED) is 0.193. The smallest absolute Gasteiger partial charge is 0.144 e. The molecule has 5 aromatic rings. The van der Waals surface area contributed by atoms with Crippen molar-refractivity contribution >= 4 is 34.0 Å². The van der Waals surface area contributed by atoms with Gasteiger partial charge in [0.05, 0.1) is 27.5 Å². The summed E-state index contributed by atoms with van der Waals surface area (Å²) in [5, 5.41) is 0.386. The zero-order chi connectivity index (χ0) is 23.3. The van der Waals surface area contributed by atoms with Gasteiger partial charge in [0, 0.05) is 11.1 Å². The second-order valence-corrected chi connectivity index (χ2v) is 7.98. The Morgan fingerprint density at radius 2 is 1.15 bits per heavy atom. The van der Waals surface area contributed by atoms with Crippen molar-refractivity contribution in [2.75, 3.05) is 0 Å². The number of rotatable bonds is 6. The highest BCUT2D eigenvalue weighted by Gasteiger charge is 2.13. The van der Waals surface area contributed by atoms with Gasteiger partial charge in [0.2, 0.25) is 0 Å². The van der Waals surface area contributed by atoms with E-state index in [0.29, 0.717) is 22.8 Å². The number of hydrogen-bond donors (Lipinski definition) is 0. The fraction of sp³-hybridized carbons (Fsp3) is 0. The van der Waals surface area contributed by atoms with Gasteiger partial charge in [-0.3, -0.25) is 4.79 Å². The first-order valence-electron chi connectivity index (χ1n) is 10.7. The molecule has 0 amide bonds. The summed E-state index contributed by atoms with van der Waals surface area (Å²) >= 11 is 6.07. The van der Waals surface area contributed by atoms with Gasteiger partial charge >= 0.3 is 0 Å². The van der Waals surface area contributed by atoms with Gasteiger partial charge < -0.3 is 4.74 Å². The van der Waals surface area contributed by atoms with Gasteiger partial charge in [-0.1, -0.05) is 54.1 Å². The van der Waals surface area contributed by atoms with E-state index in [1.165, 1.54) is 6.08 Å². The largest absolute Gasteiger partial charge is 0.457 e. The van der Waals surface area contributed by atoms with Crippen LogP contribution in [0.1, 0.15) is 5.56 Å². The topological polar surface area (TPSA) is 52.1 Å². The van der Waals surface area contributed by atoms with E-state index in [1.54, 1.807) is 0 Å². The van der Waals surface area contributed by atoms with Gasteiger partial charge in [-0.2, -0.15) is 0 Å². The number of halogens is 1. The molecule has 4 aromatic carbocycles. The van der Waals surface area contributed by atoms with E-state index in [4.69, 9.17) is 26.3 Å². The van der Waals surface area contributed by atoms with E-state index < -0.39 is 0 Å². The lowest BCUT2D eigenvalue weighted by Gasteiger charge is -2.12. The van der Waals surface area contributed by atoms with Crippen LogP contribution < -0.4 is 4.74 Å². The summed E-state index contributed by atoms with van der Waals surface area (Å²) in [5.74, 6) is 1.36. The maximum atomic E-state index is 10.6. The fourth-order valence-corrected chi connectivity index (χ4v) is 3.83. The highest BCUT2D eigenvalue weighted by molar-refractivity contribution is 6.49. The first-order valence-corrected chi connectivity index (χ1v) is 11.1. The molecular formula is C29H19ClN2O2. The zero-order valence-electron chi connectivity index (χ0n) is 18.1. The van der Waals surface area contributed by atoms with Crippen LogP contribution in [-0.4, -0.2) is 16.3 Å². The third-order valence-electron chi connectivity index (χ3n) is 5.33. The van der Waals surface area contributed by atoms with E-state index >= 15 is 0 Å². The Balaban J connectivity index is 1.46. The van der Waals surface area contributed by atoms with E-state index in [9.17, 15) is 4.79 Å². The molecule has 5 heteroatoms. The van der Waals surface area contributed by atoms with Crippen LogP contribution in [0.2, 0.25) is 0 Å². The van der Waals surface area contributed by atoms with Crippen LogP contribution in [-0.2, 0) is 4.79 Å². The molecular weight excluding hydrogens is 444 g/mol. The van der Waals surface area contributed by atoms with Gasteiger partial charge in [-0.15, -0.1) is 0 Å². The van der Waals surface area contributed by atoms with Gasteiger partial charge in [0.1, 0.15) is 17.8 Å². The summed E-state index contributed by atoms with van der Waals surface area (Å²) in [6.45, 7) is 0. The molecule has 0 radical (unpaired) electrons. The van der Waals surface area contributed by atoms with Crippen molar-refractivity contribution in [1.29, 1.82) is 0 Å². The Hall–Kier alpha value is -4.28. The molecule has 0 saturated carbocycles. The van der Waals surface area contributed by atoms with Crippen molar-refractivity contribution in [2.24, 2.45) is 0 Å². The van der Waals surface area contributed by atoms with Crippen LogP contribution >= 0.6 is 11.6 Å². The highest BCUT2D eigenvalue weighted by atomic mass is 35.5. The predicted molar refractivity (Wildman–Crippen MR) is 137 cm³/mol. The Labute approximate surface area is 202 Å². The molecule has 4 nitrogen and oxygen atoms in total. The number of benzene rings is 4. The number of fused-ring (bicyclic) bond motifs is 1. The van der Waals surface area contributed by atoms with Gasteiger partial charge in [0.25, 0.3) is 0 Å². The number of para-hydroxylation sites is 2. The van der Waals surface area contributed by atoms with Crippen molar-refractivity contribution in [1.82, 2.24) is 9.97 Å². The molecule has 0 atom stereocenters. The zero-order valence-corrected chi connectivity index (χ0v) is 18.8. The van der Waals surface area contributed by atoms with E-state index in [0.717, 1.165) is 39.1 Å². The van der Waals surface area contributed by atoms with Crippen molar-refractivity contribution in [3.05, 3.63) is 115 Å². The predicted octanol–water partition coefficient (Wildman–Crippen LogP) is 7.53. The summed E-state index contributed by atoms with van der Waals surface area (Å²) in [4.78, 5) is 20.4. The van der Waals surface area contributed by atoms with Gasteiger partial charge in [0.15, 0.2) is 0 Å². The first-order chi connectivity index (χ1) is 16.7. The number of carbonyl (C=O) groups is 1. The third kappa shape index (κ3) is 4.58. The fourth-order valence-electron chi connectivity index (χ4n) is 3.65. The van der Waals surface area contributed by atoms with Crippen LogP contribution in [0.25, 0.3) is 38.6 Å². The molecule has 0 aliphatic rings. The molecule has 1 heterocycles. The molecule has 1 aromatic heterocycles. The van der Waals surface area contributed by atoms with Crippen LogP contribution in [0, 0.1) is 0 Å². The SMILES string of the molecule is O=CC=C(Cl)c1ccc(Oc2ccc(-c3nc4ccccc4nc3-c3ccccc3)cc2)cc1. The summed E-state index contributed by atoms with van der Waals surface area (Å²) < 4.78 is 5.98. The number of carbonyl (C=O) groups excluding carboxylic acids is 1. The number of hydrogen-bond acceptors (Lipinski definition) is 4. The summed E-state index contributed by atoms with van der Waals surface area (Å²) in [7, 11) is 0. The van der Waals surface area contributed by atoms with Crippen LogP contribution in [0.5, 0.6) is 11.5 Å². The number of allylic oxidation sites excluding steroid dienone is 1. The van der Waals surface area contributed by atoms with E-state index in [1.807, 2.05) is 103 Å². The Morgan fingerprint density at radius 3 is 1.71 bits per heavy atom. The number of aromatic nitrogens is 2. The molecule has 0 fully saturated rings. The standard InChI is InChI=1S/C29H19ClN2O2/c30-25(18-19-33)20-10-14-23(15-11-20)34-24-16-12-22(13-17-24)29-28(21-6-2-1-3-7-21)31-26-8-4-5-9-27(26)32-29/h1-19H. The molecule has 0 bridgehead atoms. The van der Waals surface area contributed by atoms with Gasteiger partial charge in [-0.25, -0.2) is 9.97 Å². The molecule has 164 valence electrons. The summed E-state index contributed by atoms with van der Waals surface area (Å²) in [6, 6.07) is 33.0. The lowest BCUT2D eigenvalue weighted by atomic mass is 10.0. The Kier molecular flexibility index (Phi) is 6.15. The molecule has 5 rings (SSSR count). The molecule has 0 spiro atoms. The maximum Gasteiger partial charge on any atom is 0.144 e. The summed E-state index contributed by atoms with van der Waals surface area (Å²) in [5.41, 5.74) is 6.07. The van der Waals surface area contributed by atoms with Crippen molar-refractivity contribution in [2.45, 2.75) is 0 Å². The minimum absolute atomic E-state index is 0.386. The number of nitrogens with zero attached hydrogens (tertiary/aromatic N) is 2. The molecule has 0 unspecified atom stereocenters. The maximum absolute atomic E-state index is 10.6. The lowest BCUT2D eigenvalue weighted by molar-refractivity contribution is -0.104. The number of ether oxygens (including phenoxy) is 1. The molecule has 0 N–H and O–H groups in total. The van der Waals surface area contributed by atoms with Crippen LogP contribution in [0.3, 0.4) is 0 Å². The second kappa shape index (κ2) is 9.69. The van der Waals surface area contributed by atoms with E-state index in [-0.39, 0.29) is 0 Å². The Morgan fingerprint density at radius 1 is 0.647 bits per heavy atom. The molecule has 0 aliphatic carbocycles. The molecule has 0 saturated heterocycles. The lowest BCUT2D eigenvalue weighted by Crippen LogP contribution is -1.95. The number of aldehydes is 1. The van der Waals surface area contributed by atoms with Crippen LogP contribution in [0.15, 0.2) is 109 Å². The molecule has 0 aliphatic heterocycles.